The predicted octanol–water partition coefficient (Wildman–Crippen LogP) is -0.527. The van der Waals surface area contributed by atoms with Crippen LogP contribution in [0.5, 0.6) is 0 Å². The molecule has 0 fully saturated rings. The first kappa shape index (κ1) is 35.1. The fourth-order valence-corrected chi connectivity index (χ4v) is 3.61. The molecule has 11 N–H and O–H groups in total. The lowest BCUT2D eigenvalue weighted by Crippen LogP contribution is -2.50. The van der Waals surface area contributed by atoms with Crippen molar-refractivity contribution in [1.29, 1.82) is 0 Å². The Balaban J connectivity index is 5.38. The van der Waals surface area contributed by atoms with E-state index in [1.54, 1.807) is 14.0 Å². The van der Waals surface area contributed by atoms with Crippen LogP contribution in [0.4, 0.5) is 0 Å². The van der Waals surface area contributed by atoms with Crippen molar-refractivity contribution < 1.29 is 19.1 Å². The van der Waals surface area contributed by atoms with Crippen molar-refractivity contribution in [3.05, 3.63) is 0 Å². The Morgan fingerprint density at radius 1 is 0.974 bits per heavy atom. The molecule has 220 valence electrons. The molecular formula is C25H51N9O4. The maximum atomic E-state index is 13.1. The third kappa shape index (κ3) is 18.3. The summed E-state index contributed by atoms with van der Waals surface area (Å²) in [6.07, 6.45) is 3.57. The number of amidine groups is 1. The molecule has 13 heteroatoms. The van der Waals surface area contributed by atoms with Gasteiger partial charge < -0.3 is 43.6 Å². The summed E-state index contributed by atoms with van der Waals surface area (Å²) in [5, 5.41) is 8.68. The fraction of sp³-hybridized carbons (Fsp3) is 0.800. The number of guanidine groups is 1. The van der Waals surface area contributed by atoms with Gasteiger partial charge in [-0.25, -0.2) is 0 Å². The van der Waals surface area contributed by atoms with Gasteiger partial charge in [-0.1, -0.05) is 13.8 Å². The van der Waals surface area contributed by atoms with E-state index < -0.39 is 24.0 Å². The Hall–Kier alpha value is -2.93. The minimum Gasteiger partial charge on any atom is -0.388 e. The van der Waals surface area contributed by atoms with Crippen LogP contribution < -0.4 is 38.9 Å². The van der Waals surface area contributed by atoms with Gasteiger partial charge in [-0.05, 0) is 64.3 Å². The highest BCUT2D eigenvalue weighted by Gasteiger charge is 2.26. The van der Waals surface area contributed by atoms with Crippen molar-refractivity contribution in [2.75, 3.05) is 33.3 Å². The zero-order valence-corrected chi connectivity index (χ0v) is 23.6. The number of aliphatic imine (C=N–C) groups is 2. The number of unbranched alkanes of at least 4 members (excludes halogenated alkanes) is 1. The van der Waals surface area contributed by atoms with E-state index in [1.807, 2.05) is 13.8 Å². The third-order valence-corrected chi connectivity index (χ3v) is 5.64. The first-order chi connectivity index (χ1) is 18.0. The van der Waals surface area contributed by atoms with E-state index in [1.165, 1.54) is 0 Å². The lowest BCUT2D eigenvalue weighted by molar-refractivity contribution is -0.137. The zero-order chi connectivity index (χ0) is 28.9. The summed E-state index contributed by atoms with van der Waals surface area (Å²) >= 11 is 0. The van der Waals surface area contributed by atoms with Gasteiger partial charge in [0.15, 0.2) is 5.96 Å². The molecule has 0 aliphatic heterocycles. The molecule has 13 nitrogen and oxygen atoms in total. The van der Waals surface area contributed by atoms with Crippen molar-refractivity contribution in [2.24, 2.45) is 38.8 Å². The van der Waals surface area contributed by atoms with Crippen LogP contribution in [0.2, 0.25) is 0 Å². The number of rotatable bonds is 21. The van der Waals surface area contributed by atoms with Gasteiger partial charge in [-0.15, -0.1) is 0 Å². The first-order valence-corrected chi connectivity index (χ1v) is 13.4. The molecular weight excluding hydrogens is 490 g/mol. The molecule has 38 heavy (non-hydrogen) atoms. The van der Waals surface area contributed by atoms with Gasteiger partial charge in [-0.3, -0.25) is 24.4 Å². The van der Waals surface area contributed by atoms with E-state index in [4.69, 9.17) is 27.7 Å². The van der Waals surface area contributed by atoms with Gasteiger partial charge in [0.05, 0.1) is 18.5 Å². The molecule has 0 aromatic rings. The maximum absolute atomic E-state index is 13.1. The summed E-state index contributed by atoms with van der Waals surface area (Å²) in [7, 11) is 1.57. The number of primary amides is 1. The topological polar surface area (TPSA) is 225 Å². The highest BCUT2D eigenvalue weighted by molar-refractivity contribution is 5.88. The van der Waals surface area contributed by atoms with Crippen LogP contribution in [0.1, 0.15) is 72.1 Å². The standard InChI is InChI=1S/C25H51N9O4/c1-17(2)15-20(23(28)36)34-24(37)21(10-8-14-32-25(29)30-4)38-16-19(9-7-13-31-18(3)27)33-22(35)11-5-6-12-26/h17,19-21H,5-16,26H2,1-4H3,(H2,27,31)(H2,28,36)(H,33,35)(H,34,37)(H3,29,30,32). The summed E-state index contributed by atoms with van der Waals surface area (Å²) in [5.74, 6) is -0.179. The van der Waals surface area contributed by atoms with Crippen LogP contribution in [0.25, 0.3) is 0 Å². The van der Waals surface area contributed by atoms with Gasteiger partial charge in [0.25, 0.3) is 0 Å². The molecule has 0 heterocycles. The lowest BCUT2D eigenvalue weighted by Gasteiger charge is -2.25. The van der Waals surface area contributed by atoms with Crippen molar-refractivity contribution in [3.63, 3.8) is 0 Å². The molecule has 0 spiro atoms. The van der Waals surface area contributed by atoms with Gasteiger partial charge in [-0.2, -0.15) is 0 Å². The number of nitrogens with zero attached hydrogens (tertiary/aromatic N) is 2. The van der Waals surface area contributed by atoms with Gasteiger partial charge in [0.2, 0.25) is 17.7 Å². The SMILES string of the molecule is CN=C(N)NCCCC(OCC(CCCN=C(C)N)NC(=O)CCCCN)C(=O)NC(CC(C)C)C(N)=O. The summed E-state index contributed by atoms with van der Waals surface area (Å²) in [5.41, 5.74) is 22.3. The summed E-state index contributed by atoms with van der Waals surface area (Å²) < 4.78 is 6.04. The average Bonchev–Trinajstić information content (AvgIpc) is 2.84. The molecule has 0 radical (unpaired) electrons. The van der Waals surface area contributed by atoms with Crippen LogP contribution in [0.3, 0.4) is 0 Å². The monoisotopic (exact) mass is 541 g/mol. The molecule has 3 amide bonds. The first-order valence-electron chi connectivity index (χ1n) is 13.4. The molecule has 0 bridgehead atoms. The van der Waals surface area contributed by atoms with Gasteiger partial charge in [0.1, 0.15) is 12.1 Å². The molecule has 0 aliphatic carbocycles. The molecule has 0 saturated heterocycles. The van der Waals surface area contributed by atoms with Crippen molar-refractivity contribution >= 4 is 29.5 Å². The van der Waals surface area contributed by atoms with Crippen molar-refractivity contribution in [1.82, 2.24) is 16.0 Å². The molecule has 0 rings (SSSR count). The number of nitrogens with two attached hydrogens (primary N) is 4. The molecule has 0 aliphatic rings. The number of amides is 3. The summed E-state index contributed by atoms with van der Waals surface area (Å²) in [6, 6.07) is -1.13. The Morgan fingerprint density at radius 3 is 2.26 bits per heavy atom. The van der Waals surface area contributed by atoms with Crippen LogP contribution in [-0.4, -0.2) is 81.0 Å². The highest BCUT2D eigenvalue weighted by Crippen LogP contribution is 2.10. The van der Waals surface area contributed by atoms with E-state index in [9.17, 15) is 14.4 Å². The van der Waals surface area contributed by atoms with E-state index in [2.05, 4.69) is 25.9 Å². The Kier molecular flexibility index (Phi) is 19.4. The fourth-order valence-electron chi connectivity index (χ4n) is 3.61. The molecule has 3 unspecified atom stereocenters. The second-order valence-electron chi connectivity index (χ2n) is 9.77. The zero-order valence-electron chi connectivity index (χ0n) is 23.6. The Morgan fingerprint density at radius 2 is 1.68 bits per heavy atom. The van der Waals surface area contributed by atoms with Crippen LogP contribution >= 0.6 is 0 Å². The number of hydrogen-bond acceptors (Lipinski definition) is 7. The number of nitrogens with one attached hydrogen (secondary N) is 3. The molecule has 0 aromatic heterocycles. The number of ether oxygens (including phenoxy) is 1. The number of hydrogen-bond donors (Lipinski definition) is 7. The number of carbonyl (C=O) groups excluding carboxylic acids is 3. The van der Waals surface area contributed by atoms with E-state index >= 15 is 0 Å². The molecule has 3 atom stereocenters. The van der Waals surface area contributed by atoms with Crippen molar-refractivity contribution in [3.8, 4) is 0 Å². The van der Waals surface area contributed by atoms with E-state index in [0.29, 0.717) is 76.4 Å². The van der Waals surface area contributed by atoms with Crippen LogP contribution in [0.15, 0.2) is 9.98 Å². The summed E-state index contributed by atoms with van der Waals surface area (Å²) in [4.78, 5) is 45.5. The average molecular weight is 542 g/mol. The second-order valence-corrected chi connectivity index (χ2v) is 9.77. The lowest BCUT2D eigenvalue weighted by atomic mass is 10.0. The number of carbonyl (C=O) groups is 3. The Labute approximate surface area is 227 Å². The highest BCUT2D eigenvalue weighted by atomic mass is 16.5. The quantitative estimate of drug-likeness (QED) is 0.0566. The van der Waals surface area contributed by atoms with Crippen LogP contribution in [0, 0.1) is 5.92 Å². The minimum absolute atomic E-state index is 0.101. The summed E-state index contributed by atoms with van der Waals surface area (Å²) in [6.45, 7) is 7.25. The van der Waals surface area contributed by atoms with Gasteiger partial charge >= 0.3 is 0 Å². The van der Waals surface area contributed by atoms with E-state index in [-0.39, 0.29) is 24.5 Å². The minimum atomic E-state index is -0.855. The third-order valence-electron chi connectivity index (χ3n) is 5.64. The van der Waals surface area contributed by atoms with Crippen molar-refractivity contribution in [2.45, 2.75) is 90.3 Å². The smallest absolute Gasteiger partial charge is 0.249 e. The molecule has 0 aromatic carbocycles. The van der Waals surface area contributed by atoms with Crippen LogP contribution in [-0.2, 0) is 19.1 Å². The second kappa shape index (κ2) is 21.1. The molecule has 0 saturated carbocycles. The Bertz CT molecular complexity index is 755. The predicted molar refractivity (Wildman–Crippen MR) is 151 cm³/mol. The van der Waals surface area contributed by atoms with E-state index in [0.717, 1.165) is 6.42 Å². The maximum Gasteiger partial charge on any atom is 0.249 e. The largest absolute Gasteiger partial charge is 0.388 e. The van der Waals surface area contributed by atoms with Gasteiger partial charge in [0, 0.05) is 26.6 Å². The normalized spacial score (nSPS) is 14.6.